The van der Waals surface area contributed by atoms with Gasteiger partial charge in [0.25, 0.3) is 0 Å². The van der Waals surface area contributed by atoms with E-state index in [0.717, 1.165) is 11.3 Å². The highest BCUT2D eigenvalue weighted by Gasteiger charge is 2.18. The molecule has 3 aromatic rings. The zero-order chi connectivity index (χ0) is 20.1. The van der Waals surface area contributed by atoms with E-state index in [1.54, 1.807) is 24.2 Å². The van der Waals surface area contributed by atoms with Crippen LogP contribution in [0, 0.1) is 10.1 Å². The van der Waals surface area contributed by atoms with E-state index >= 15 is 0 Å². The van der Waals surface area contributed by atoms with Gasteiger partial charge in [-0.25, -0.2) is 0 Å². The maximum atomic E-state index is 12.1. The summed E-state index contributed by atoms with van der Waals surface area (Å²) in [6, 6.07) is 7.65. The number of halogens is 1. The molecule has 1 N–H and O–H groups in total. The van der Waals surface area contributed by atoms with Gasteiger partial charge in [-0.3, -0.25) is 9.48 Å². The predicted octanol–water partition coefficient (Wildman–Crippen LogP) is 2.84. The molecule has 0 aliphatic rings. The van der Waals surface area contributed by atoms with Crippen molar-refractivity contribution in [1.29, 1.82) is 0 Å². The van der Waals surface area contributed by atoms with Crippen LogP contribution in [0.4, 0.5) is 11.5 Å². The molecule has 0 radical (unpaired) electrons. The Balaban J connectivity index is 1.53. The Morgan fingerprint density at radius 1 is 1.36 bits per heavy atom. The number of anilines is 1. The van der Waals surface area contributed by atoms with E-state index in [-0.39, 0.29) is 29.2 Å². The van der Waals surface area contributed by atoms with E-state index in [1.165, 1.54) is 10.9 Å². The van der Waals surface area contributed by atoms with Crippen LogP contribution in [0.5, 0.6) is 5.75 Å². The Bertz CT molecular complexity index is 999. The first-order chi connectivity index (χ1) is 13.4. The number of nitrogens with zero attached hydrogens (tertiary/aromatic N) is 5. The molecule has 2 aromatic heterocycles. The summed E-state index contributed by atoms with van der Waals surface area (Å²) in [5.41, 5.74) is 1.59. The fourth-order valence-corrected chi connectivity index (χ4v) is 3.00. The fraction of sp³-hybridized carbons (Fsp3) is 0.235. The first-order valence-corrected chi connectivity index (χ1v) is 9.06. The number of rotatable bonds is 8. The minimum absolute atomic E-state index is 0.117. The van der Waals surface area contributed by atoms with Crippen molar-refractivity contribution in [3.8, 4) is 5.75 Å². The summed E-state index contributed by atoms with van der Waals surface area (Å²) in [6.07, 6.45) is 4.88. The van der Waals surface area contributed by atoms with Crippen molar-refractivity contribution in [3.05, 3.63) is 63.0 Å². The minimum Gasteiger partial charge on any atom is -0.497 e. The summed E-state index contributed by atoms with van der Waals surface area (Å²) in [6.45, 7) is 0.758. The summed E-state index contributed by atoms with van der Waals surface area (Å²) in [4.78, 5) is 22.3. The van der Waals surface area contributed by atoms with Crippen molar-refractivity contribution >= 4 is 33.3 Å². The number of benzene rings is 1. The molecule has 0 atom stereocenters. The summed E-state index contributed by atoms with van der Waals surface area (Å²) in [5.74, 6) is 0.248. The average molecular weight is 449 g/mol. The van der Waals surface area contributed by atoms with Gasteiger partial charge >= 0.3 is 5.82 Å². The van der Waals surface area contributed by atoms with E-state index in [2.05, 4.69) is 31.4 Å². The van der Waals surface area contributed by atoms with Crippen molar-refractivity contribution in [2.75, 3.05) is 12.4 Å². The Morgan fingerprint density at radius 2 is 2.18 bits per heavy atom. The number of carbonyl (C=O) groups is 1. The molecule has 11 heteroatoms. The number of aryl methyl sites for hydroxylation is 1. The van der Waals surface area contributed by atoms with E-state index in [1.807, 2.05) is 24.3 Å². The average Bonchev–Trinajstić information content (AvgIpc) is 3.26. The number of nitro groups is 1. The van der Waals surface area contributed by atoms with Gasteiger partial charge in [0.15, 0.2) is 0 Å². The molecule has 28 heavy (non-hydrogen) atoms. The molecule has 0 spiro atoms. The van der Waals surface area contributed by atoms with Crippen molar-refractivity contribution in [2.45, 2.75) is 19.5 Å². The largest absolute Gasteiger partial charge is 0.497 e. The summed E-state index contributed by atoms with van der Waals surface area (Å²) in [7, 11) is 1.61. The Hall–Kier alpha value is -3.21. The fourth-order valence-electron chi connectivity index (χ4n) is 2.54. The molecule has 0 saturated heterocycles. The maximum Gasteiger partial charge on any atom is 0.404 e. The highest BCUT2D eigenvalue weighted by Crippen LogP contribution is 2.22. The zero-order valence-corrected chi connectivity index (χ0v) is 16.5. The van der Waals surface area contributed by atoms with Crippen LogP contribution in [-0.4, -0.2) is 37.5 Å². The number of carbonyl (C=O) groups excluding carboxylic acids is 1. The van der Waals surface area contributed by atoms with E-state index in [9.17, 15) is 14.9 Å². The predicted molar refractivity (Wildman–Crippen MR) is 104 cm³/mol. The van der Waals surface area contributed by atoms with Gasteiger partial charge in [0, 0.05) is 12.6 Å². The van der Waals surface area contributed by atoms with Crippen LogP contribution in [0.3, 0.4) is 0 Å². The number of hydrogen-bond acceptors (Lipinski definition) is 6. The first kappa shape index (κ1) is 19.5. The van der Waals surface area contributed by atoms with E-state index < -0.39 is 4.92 Å². The Morgan fingerprint density at radius 3 is 2.89 bits per heavy atom. The number of ether oxygens (including phenoxy) is 1. The SMILES string of the molecule is COc1cccc(Cn2cc(NC(=O)CCn3cc(Br)c([N+](=O)[O-])n3)cn2)c1. The van der Waals surface area contributed by atoms with Gasteiger partial charge in [-0.15, -0.1) is 0 Å². The van der Waals surface area contributed by atoms with E-state index in [0.29, 0.717) is 12.2 Å². The normalized spacial score (nSPS) is 10.6. The van der Waals surface area contributed by atoms with Gasteiger partial charge < -0.3 is 20.2 Å². The van der Waals surface area contributed by atoms with Crippen molar-refractivity contribution < 1.29 is 14.5 Å². The molecule has 10 nitrogen and oxygen atoms in total. The van der Waals surface area contributed by atoms with Gasteiger partial charge in [0.2, 0.25) is 5.91 Å². The summed E-state index contributed by atoms with van der Waals surface area (Å²) < 4.78 is 8.54. The standard InChI is InChI=1S/C17H17BrN6O4/c1-28-14-4-2-3-12(7-14)9-23-10-13(8-19-23)20-16(25)5-6-22-11-15(18)17(21-22)24(26)27/h2-4,7-8,10-11H,5-6,9H2,1H3,(H,20,25). The second-order valence-electron chi connectivity index (χ2n) is 5.90. The van der Waals surface area contributed by atoms with Gasteiger partial charge in [0.1, 0.15) is 10.2 Å². The van der Waals surface area contributed by atoms with Crippen LogP contribution in [0.25, 0.3) is 0 Å². The number of amides is 1. The summed E-state index contributed by atoms with van der Waals surface area (Å²) >= 11 is 3.07. The van der Waals surface area contributed by atoms with Gasteiger partial charge in [-0.05, 0) is 38.5 Å². The zero-order valence-electron chi connectivity index (χ0n) is 14.9. The lowest BCUT2D eigenvalue weighted by atomic mass is 10.2. The lowest BCUT2D eigenvalue weighted by Crippen LogP contribution is -2.14. The molecule has 0 bridgehead atoms. The number of hydrogen-bond donors (Lipinski definition) is 1. The van der Waals surface area contributed by atoms with Crippen LogP contribution in [0.2, 0.25) is 0 Å². The molecular weight excluding hydrogens is 432 g/mol. The Labute approximate surface area is 168 Å². The topological polar surface area (TPSA) is 117 Å². The molecule has 0 aliphatic heterocycles. The highest BCUT2D eigenvalue weighted by atomic mass is 79.9. The van der Waals surface area contributed by atoms with Crippen LogP contribution in [-0.2, 0) is 17.9 Å². The van der Waals surface area contributed by atoms with Crippen LogP contribution >= 0.6 is 15.9 Å². The lowest BCUT2D eigenvalue weighted by Gasteiger charge is -2.04. The second-order valence-corrected chi connectivity index (χ2v) is 6.75. The summed E-state index contributed by atoms with van der Waals surface area (Å²) in [5, 5.41) is 21.6. The minimum atomic E-state index is -0.586. The van der Waals surface area contributed by atoms with Gasteiger partial charge in [0.05, 0.1) is 43.4 Å². The monoisotopic (exact) mass is 448 g/mol. The maximum absolute atomic E-state index is 12.1. The van der Waals surface area contributed by atoms with Crippen LogP contribution in [0.1, 0.15) is 12.0 Å². The van der Waals surface area contributed by atoms with Gasteiger partial charge in [-0.2, -0.15) is 9.78 Å². The molecule has 0 aliphatic carbocycles. The van der Waals surface area contributed by atoms with Crippen molar-refractivity contribution in [2.24, 2.45) is 0 Å². The molecule has 1 amide bonds. The molecule has 0 saturated carbocycles. The molecule has 2 heterocycles. The number of nitrogens with one attached hydrogen (secondary N) is 1. The smallest absolute Gasteiger partial charge is 0.404 e. The lowest BCUT2D eigenvalue weighted by molar-refractivity contribution is -0.390. The third kappa shape index (κ3) is 4.94. The Kier molecular flexibility index (Phi) is 6.04. The number of methoxy groups -OCH3 is 1. The third-order valence-electron chi connectivity index (χ3n) is 3.84. The molecule has 3 rings (SSSR count). The third-order valence-corrected chi connectivity index (χ3v) is 4.40. The highest BCUT2D eigenvalue weighted by molar-refractivity contribution is 9.10. The molecule has 146 valence electrons. The molecule has 0 unspecified atom stereocenters. The molecule has 1 aromatic carbocycles. The van der Waals surface area contributed by atoms with Gasteiger partial charge in [-0.1, -0.05) is 12.1 Å². The second kappa shape index (κ2) is 8.65. The quantitative estimate of drug-likeness (QED) is 0.418. The molecular formula is C17H17BrN6O4. The van der Waals surface area contributed by atoms with Crippen molar-refractivity contribution in [1.82, 2.24) is 19.6 Å². The van der Waals surface area contributed by atoms with Crippen molar-refractivity contribution in [3.63, 3.8) is 0 Å². The van der Waals surface area contributed by atoms with Crippen LogP contribution in [0.15, 0.2) is 47.3 Å². The number of aromatic nitrogens is 4. The van der Waals surface area contributed by atoms with Crippen LogP contribution < -0.4 is 10.1 Å². The molecule has 0 fully saturated rings. The first-order valence-electron chi connectivity index (χ1n) is 8.27. The van der Waals surface area contributed by atoms with E-state index in [4.69, 9.17) is 4.74 Å².